The van der Waals surface area contributed by atoms with E-state index in [2.05, 4.69) is 0 Å². The zero-order chi connectivity index (χ0) is 10.6. The third-order valence-corrected chi connectivity index (χ3v) is 1.76. The molecule has 0 amide bonds. The van der Waals surface area contributed by atoms with Gasteiger partial charge in [-0.25, -0.2) is 0 Å². The summed E-state index contributed by atoms with van der Waals surface area (Å²) in [5.74, 6) is 0.278. The molecule has 0 aromatic heterocycles. The molecule has 0 atom stereocenters. The van der Waals surface area contributed by atoms with Gasteiger partial charge >= 0.3 is 5.69 Å². The lowest BCUT2D eigenvalue weighted by Crippen LogP contribution is -2.01. The van der Waals surface area contributed by atoms with Gasteiger partial charge in [0.05, 0.1) is 11.5 Å². The Morgan fingerprint density at radius 1 is 1.57 bits per heavy atom. The number of rotatable bonds is 4. The van der Waals surface area contributed by atoms with Gasteiger partial charge in [0.15, 0.2) is 5.75 Å². The minimum atomic E-state index is -0.467. The van der Waals surface area contributed by atoms with Crippen LogP contribution >= 0.6 is 0 Å². The molecule has 0 aliphatic heterocycles. The van der Waals surface area contributed by atoms with Crippen molar-refractivity contribution in [2.24, 2.45) is 5.73 Å². The van der Waals surface area contributed by atoms with Crippen molar-refractivity contribution in [2.75, 3.05) is 6.61 Å². The van der Waals surface area contributed by atoms with Crippen molar-refractivity contribution in [1.82, 2.24) is 0 Å². The Balaban J connectivity index is 3.10. The Labute approximate surface area is 81.6 Å². The number of nitrogens with two attached hydrogens (primary N) is 1. The fourth-order valence-electron chi connectivity index (χ4n) is 1.11. The summed E-state index contributed by atoms with van der Waals surface area (Å²) in [7, 11) is 0. The number of hydrogen-bond acceptors (Lipinski definition) is 4. The number of nitro groups is 1. The summed E-state index contributed by atoms with van der Waals surface area (Å²) in [5, 5.41) is 10.6. The van der Waals surface area contributed by atoms with Crippen LogP contribution in [0.1, 0.15) is 12.5 Å². The quantitative estimate of drug-likeness (QED) is 0.584. The standard InChI is InChI=1S/C9H12N2O3/c1-2-14-9-5-7(6-10)3-4-8(9)11(12)13/h3-5H,2,6,10H2,1H3. The molecule has 14 heavy (non-hydrogen) atoms. The summed E-state index contributed by atoms with van der Waals surface area (Å²) < 4.78 is 5.14. The summed E-state index contributed by atoms with van der Waals surface area (Å²) in [6.45, 7) is 2.52. The highest BCUT2D eigenvalue weighted by Crippen LogP contribution is 2.27. The molecule has 1 aromatic rings. The first-order chi connectivity index (χ1) is 6.69. The summed E-state index contributed by atoms with van der Waals surface area (Å²) >= 11 is 0. The smallest absolute Gasteiger partial charge is 0.310 e. The summed E-state index contributed by atoms with van der Waals surface area (Å²) in [6.07, 6.45) is 0. The second-order valence-corrected chi connectivity index (χ2v) is 2.70. The molecule has 0 saturated carbocycles. The van der Waals surface area contributed by atoms with Crippen LogP contribution in [0.15, 0.2) is 18.2 Å². The van der Waals surface area contributed by atoms with Crippen LogP contribution in [0.2, 0.25) is 0 Å². The van der Waals surface area contributed by atoms with Gasteiger partial charge in [0, 0.05) is 12.6 Å². The van der Waals surface area contributed by atoms with Gasteiger partial charge in [-0.2, -0.15) is 0 Å². The molecule has 1 rings (SSSR count). The van der Waals surface area contributed by atoms with E-state index in [9.17, 15) is 10.1 Å². The highest BCUT2D eigenvalue weighted by molar-refractivity contribution is 5.48. The van der Waals surface area contributed by atoms with E-state index in [-0.39, 0.29) is 11.4 Å². The fourth-order valence-corrected chi connectivity index (χ4v) is 1.11. The van der Waals surface area contributed by atoms with Crippen molar-refractivity contribution in [3.63, 3.8) is 0 Å². The van der Waals surface area contributed by atoms with Crippen molar-refractivity contribution in [3.05, 3.63) is 33.9 Å². The van der Waals surface area contributed by atoms with Crippen molar-refractivity contribution in [3.8, 4) is 5.75 Å². The van der Waals surface area contributed by atoms with Crippen molar-refractivity contribution >= 4 is 5.69 Å². The van der Waals surface area contributed by atoms with Gasteiger partial charge in [-0.15, -0.1) is 0 Å². The van der Waals surface area contributed by atoms with E-state index in [4.69, 9.17) is 10.5 Å². The number of nitrogens with zero attached hydrogens (tertiary/aromatic N) is 1. The van der Waals surface area contributed by atoms with Gasteiger partial charge in [-0.1, -0.05) is 6.07 Å². The van der Waals surface area contributed by atoms with Crippen molar-refractivity contribution < 1.29 is 9.66 Å². The van der Waals surface area contributed by atoms with E-state index in [0.29, 0.717) is 13.2 Å². The van der Waals surface area contributed by atoms with E-state index in [0.717, 1.165) is 5.56 Å². The van der Waals surface area contributed by atoms with Crippen LogP contribution < -0.4 is 10.5 Å². The van der Waals surface area contributed by atoms with Gasteiger partial charge in [0.2, 0.25) is 0 Å². The number of benzene rings is 1. The molecule has 0 unspecified atom stereocenters. The maximum Gasteiger partial charge on any atom is 0.310 e. The van der Waals surface area contributed by atoms with Gasteiger partial charge in [0.25, 0.3) is 0 Å². The third kappa shape index (κ3) is 2.20. The molecule has 1 aromatic carbocycles. The third-order valence-electron chi connectivity index (χ3n) is 1.76. The summed E-state index contributed by atoms with van der Waals surface area (Å²) in [4.78, 5) is 10.1. The Bertz CT molecular complexity index is 339. The zero-order valence-electron chi connectivity index (χ0n) is 7.90. The highest BCUT2D eigenvalue weighted by atomic mass is 16.6. The molecule has 0 saturated heterocycles. The molecule has 76 valence electrons. The van der Waals surface area contributed by atoms with E-state index >= 15 is 0 Å². The molecule has 0 bridgehead atoms. The molecule has 0 aliphatic rings. The largest absolute Gasteiger partial charge is 0.487 e. The predicted octanol–water partition coefficient (Wildman–Crippen LogP) is 1.45. The Morgan fingerprint density at radius 2 is 2.29 bits per heavy atom. The van der Waals surface area contributed by atoms with E-state index < -0.39 is 4.92 Å². The second-order valence-electron chi connectivity index (χ2n) is 2.70. The Kier molecular flexibility index (Phi) is 3.41. The number of ether oxygens (including phenoxy) is 1. The summed E-state index contributed by atoms with van der Waals surface area (Å²) in [6, 6.07) is 4.63. The molecular weight excluding hydrogens is 184 g/mol. The van der Waals surface area contributed by atoms with E-state index in [1.54, 1.807) is 19.1 Å². The minimum Gasteiger partial charge on any atom is -0.487 e. The first-order valence-corrected chi connectivity index (χ1v) is 4.29. The van der Waals surface area contributed by atoms with E-state index in [1.807, 2.05) is 0 Å². The summed E-state index contributed by atoms with van der Waals surface area (Å²) in [5.41, 5.74) is 6.21. The molecule has 5 heteroatoms. The predicted molar refractivity (Wildman–Crippen MR) is 52.2 cm³/mol. The van der Waals surface area contributed by atoms with Crippen LogP contribution in [0.25, 0.3) is 0 Å². The molecule has 0 heterocycles. The van der Waals surface area contributed by atoms with Crippen LogP contribution in [-0.4, -0.2) is 11.5 Å². The second kappa shape index (κ2) is 4.57. The van der Waals surface area contributed by atoms with Gasteiger partial charge in [0.1, 0.15) is 0 Å². The first-order valence-electron chi connectivity index (χ1n) is 4.29. The molecule has 2 N–H and O–H groups in total. The fraction of sp³-hybridized carbons (Fsp3) is 0.333. The normalized spacial score (nSPS) is 9.86. The van der Waals surface area contributed by atoms with Gasteiger partial charge in [-0.05, 0) is 18.6 Å². The topological polar surface area (TPSA) is 78.4 Å². The maximum absolute atomic E-state index is 10.6. The zero-order valence-corrected chi connectivity index (χ0v) is 7.90. The first kappa shape index (κ1) is 10.5. The minimum absolute atomic E-state index is 0.0240. The van der Waals surface area contributed by atoms with Crippen LogP contribution in [0.3, 0.4) is 0 Å². The molecule has 0 aliphatic carbocycles. The molecule has 5 nitrogen and oxygen atoms in total. The van der Waals surface area contributed by atoms with E-state index in [1.165, 1.54) is 6.07 Å². The lowest BCUT2D eigenvalue weighted by molar-refractivity contribution is -0.385. The van der Waals surface area contributed by atoms with Crippen LogP contribution in [0.4, 0.5) is 5.69 Å². The monoisotopic (exact) mass is 196 g/mol. The number of nitro benzene ring substituents is 1. The molecular formula is C9H12N2O3. The average Bonchev–Trinajstić information content (AvgIpc) is 2.17. The molecule has 0 radical (unpaired) electrons. The number of hydrogen-bond donors (Lipinski definition) is 1. The molecule has 0 fully saturated rings. The van der Waals surface area contributed by atoms with Gasteiger partial charge in [-0.3, -0.25) is 10.1 Å². The lowest BCUT2D eigenvalue weighted by atomic mass is 10.2. The SMILES string of the molecule is CCOc1cc(CN)ccc1[N+](=O)[O-]. The van der Waals surface area contributed by atoms with Gasteiger partial charge < -0.3 is 10.5 Å². The van der Waals surface area contributed by atoms with Crippen molar-refractivity contribution in [2.45, 2.75) is 13.5 Å². The van der Waals surface area contributed by atoms with Crippen LogP contribution in [-0.2, 0) is 6.54 Å². The Morgan fingerprint density at radius 3 is 2.79 bits per heavy atom. The lowest BCUT2D eigenvalue weighted by Gasteiger charge is -2.05. The van der Waals surface area contributed by atoms with Crippen molar-refractivity contribution in [1.29, 1.82) is 0 Å². The maximum atomic E-state index is 10.6. The highest BCUT2D eigenvalue weighted by Gasteiger charge is 2.14. The van der Waals surface area contributed by atoms with Crippen LogP contribution in [0, 0.1) is 10.1 Å². The van der Waals surface area contributed by atoms with Crippen LogP contribution in [0.5, 0.6) is 5.75 Å². The molecule has 0 spiro atoms. The average molecular weight is 196 g/mol. The Hall–Kier alpha value is -1.62.